The maximum absolute atomic E-state index is 10.7. The molecule has 0 unspecified atom stereocenters. The average molecular weight is 138 g/mol. The molecule has 0 aromatic heterocycles. The van der Waals surface area contributed by atoms with Crippen molar-refractivity contribution < 1.29 is 19.3 Å². The van der Waals surface area contributed by atoms with Gasteiger partial charge in [-0.15, -0.1) is 11.6 Å². The van der Waals surface area contributed by atoms with Gasteiger partial charge in [0.15, 0.2) is 0 Å². The van der Waals surface area contributed by atoms with Gasteiger partial charge >= 0.3 is 7.60 Å². The molecule has 0 aliphatic rings. The number of alkyl halides is 4. The second-order valence-electron chi connectivity index (χ2n) is 0.749. The summed E-state index contributed by atoms with van der Waals surface area (Å²) >= 11 is 4.35. The Kier molecular flexibility index (Phi) is 4.42. The smallest absolute Gasteiger partial charge is 1.00 e. The van der Waals surface area contributed by atoms with Gasteiger partial charge in [-0.3, -0.25) is 0 Å². The van der Waals surface area contributed by atoms with Crippen LogP contribution in [0.25, 0.3) is 0 Å². The molecule has 0 aromatic rings. The van der Waals surface area contributed by atoms with Gasteiger partial charge in [-0.1, -0.05) is 0 Å². The lowest BCUT2D eigenvalue weighted by molar-refractivity contribution is -0.106. The van der Waals surface area contributed by atoms with Crippen LogP contribution in [0.15, 0.2) is 0 Å². The van der Waals surface area contributed by atoms with Gasteiger partial charge in [-0.25, -0.2) is 0 Å². The summed E-state index contributed by atoms with van der Waals surface area (Å²) in [6.07, 6.45) is -4.19. The van der Waals surface area contributed by atoms with Gasteiger partial charge in [-0.05, 0) is 0 Å². The Morgan fingerprint density at radius 1 is 1.43 bits per heavy atom. The van der Waals surface area contributed by atoms with E-state index < -0.39 is 12.1 Å². The van der Waals surface area contributed by atoms with Crippen molar-refractivity contribution in [1.29, 1.82) is 0 Å². The van der Waals surface area contributed by atoms with E-state index >= 15 is 0 Å². The van der Waals surface area contributed by atoms with Crippen molar-refractivity contribution in [1.82, 2.24) is 0 Å². The fraction of sp³-hybridized carbons (Fsp3) is 1.00. The van der Waals surface area contributed by atoms with Gasteiger partial charge < -0.3 is 4.70 Å². The maximum atomic E-state index is 10.7. The average Bonchev–Trinajstić information content (AvgIpc) is 1.35. The summed E-state index contributed by atoms with van der Waals surface area (Å²) in [6, 6.07) is 0. The van der Waals surface area contributed by atoms with Crippen LogP contribution >= 0.6 is 11.6 Å². The molecule has 0 heterocycles. The van der Waals surface area contributed by atoms with Gasteiger partial charge in [-0.2, -0.15) is 13.2 Å². The molecule has 0 radical (unpaired) electrons. The first-order chi connectivity index (χ1) is 2.56. The van der Waals surface area contributed by atoms with E-state index in [1.807, 2.05) is 0 Å². The molecule has 0 nitrogen and oxygen atoms in total. The first kappa shape index (κ1) is 10.1. The number of rotatable bonds is 0. The third kappa shape index (κ3) is 10.7. The molecule has 46 valence electrons. The van der Waals surface area contributed by atoms with E-state index in [-0.39, 0.29) is 6.13 Å². The number of hydrogen-bond donors (Lipinski definition) is 0. The van der Waals surface area contributed by atoms with E-state index in [0.717, 1.165) is 0 Å². The summed E-state index contributed by atoms with van der Waals surface area (Å²) in [7, 11) is 0. The molecule has 0 N–H and O–H groups in total. The lowest BCUT2D eigenvalue weighted by Gasteiger charge is -1.94. The Bertz CT molecular complexity index is 43.8. The minimum atomic E-state index is -4.19. The lowest BCUT2D eigenvalue weighted by atomic mass is 10.8. The third-order valence-electron chi connectivity index (χ3n) is 0.152. The van der Waals surface area contributed by atoms with Crippen LogP contribution in [-0.2, 0) is 0 Å². The molecule has 0 amide bonds. The molecule has 5 heteroatoms. The van der Waals surface area contributed by atoms with E-state index in [1.165, 1.54) is 0 Å². The van der Waals surface area contributed by atoms with Crippen molar-refractivity contribution in [3.05, 3.63) is 0 Å². The third-order valence-corrected chi connectivity index (χ3v) is 0.455. The first-order valence-corrected chi connectivity index (χ1v) is 1.72. The van der Waals surface area contributed by atoms with Crippen LogP contribution in [0.1, 0.15) is 1.43 Å². The Morgan fingerprint density at radius 2 is 1.57 bits per heavy atom. The van der Waals surface area contributed by atoms with E-state index in [2.05, 4.69) is 11.6 Å². The highest BCUT2D eigenvalue weighted by molar-refractivity contribution is 6.18. The monoisotopic (exact) mass is 138 g/mol. The summed E-state index contributed by atoms with van der Waals surface area (Å²) in [5.41, 5.74) is 0. The van der Waals surface area contributed by atoms with Crippen molar-refractivity contribution in [2.75, 3.05) is 5.88 Å². The molecule has 0 aliphatic carbocycles. The van der Waals surface area contributed by atoms with E-state index in [0.29, 0.717) is 0 Å². The molecule has 0 saturated carbocycles. The molecule has 0 atom stereocenters. The molecular formula is C2H3ClF4. The zero-order valence-electron chi connectivity index (χ0n) is 4.10. The highest BCUT2D eigenvalue weighted by atomic mass is 35.5. The van der Waals surface area contributed by atoms with Crippen LogP contribution in [0.4, 0.5) is 13.2 Å². The molecular weight excluding hydrogens is 135 g/mol. The zero-order chi connectivity index (χ0) is 5.21. The zero-order valence-corrected chi connectivity index (χ0v) is 3.85. The Labute approximate surface area is 44.1 Å². The van der Waals surface area contributed by atoms with Crippen LogP contribution in [0, 0.1) is 0 Å². The van der Waals surface area contributed by atoms with Gasteiger partial charge in [0.1, 0.15) is 5.88 Å². The van der Waals surface area contributed by atoms with Crippen molar-refractivity contribution in [2.45, 2.75) is 6.18 Å². The van der Waals surface area contributed by atoms with Crippen LogP contribution < -0.4 is 4.70 Å². The predicted octanol–water partition coefficient (Wildman–Crippen LogP) is -1.10. The summed E-state index contributed by atoms with van der Waals surface area (Å²) in [4.78, 5) is 0. The van der Waals surface area contributed by atoms with E-state index in [9.17, 15) is 13.2 Å². The SMILES string of the molecule is FC(F)(F)CCl.[F-].[H+]. The molecule has 7 heavy (non-hydrogen) atoms. The minimum absolute atomic E-state index is 0. The van der Waals surface area contributed by atoms with Gasteiger partial charge in [0.05, 0.1) is 0 Å². The Balaban J connectivity index is -0.000000125. The highest BCUT2D eigenvalue weighted by Crippen LogP contribution is 2.14. The molecule has 0 saturated heterocycles. The van der Waals surface area contributed by atoms with Gasteiger partial charge in [0, 0.05) is 0 Å². The second-order valence-corrected chi connectivity index (χ2v) is 1.02. The Morgan fingerprint density at radius 3 is 1.57 bits per heavy atom. The van der Waals surface area contributed by atoms with Crippen molar-refractivity contribution >= 4 is 11.6 Å². The van der Waals surface area contributed by atoms with Crippen LogP contribution in [0.2, 0.25) is 0 Å². The molecule has 0 spiro atoms. The van der Waals surface area contributed by atoms with E-state index in [4.69, 9.17) is 0 Å². The molecule has 0 bridgehead atoms. The summed E-state index contributed by atoms with van der Waals surface area (Å²) in [5, 5.41) is 0. The molecule has 0 rings (SSSR count). The van der Waals surface area contributed by atoms with Crippen LogP contribution in [-0.4, -0.2) is 12.1 Å². The van der Waals surface area contributed by atoms with Gasteiger partial charge in [0.2, 0.25) is 0 Å². The fourth-order valence-corrected chi connectivity index (χ4v) is 0. The fourth-order valence-electron chi connectivity index (χ4n) is 0. The summed E-state index contributed by atoms with van der Waals surface area (Å²) in [5.74, 6) is -1.26. The lowest BCUT2D eigenvalue weighted by Crippen LogP contribution is -3.00. The van der Waals surface area contributed by atoms with Crippen molar-refractivity contribution in [2.24, 2.45) is 0 Å². The molecule has 0 fully saturated rings. The standard InChI is InChI=1S/C2H2ClF3.FH/c3-1-2(4,5)6;/h1H2;1H. The minimum Gasteiger partial charge on any atom is -1.00 e. The topological polar surface area (TPSA) is 0 Å². The predicted molar refractivity (Wildman–Crippen MR) is 17.9 cm³/mol. The van der Waals surface area contributed by atoms with E-state index in [1.54, 1.807) is 0 Å². The first-order valence-electron chi connectivity index (χ1n) is 1.19. The largest absolute Gasteiger partial charge is 1.00 e. The van der Waals surface area contributed by atoms with Gasteiger partial charge in [0.25, 0.3) is 0 Å². The number of hydrogen-bond acceptors (Lipinski definition) is 0. The molecule has 0 aromatic carbocycles. The van der Waals surface area contributed by atoms with Crippen molar-refractivity contribution in [3.8, 4) is 0 Å². The summed E-state index contributed by atoms with van der Waals surface area (Å²) < 4.78 is 32.0. The summed E-state index contributed by atoms with van der Waals surface area (Å²) in [6.45, 7) is 0. The van der Waals surface area contributed by atoms with Crippen molar-refractivity contribution in [3.63, 3.8) is 0 Å². The maximum Gasteiger partial charge on any atom is 1.00 e. The molecule has 0 aliphatic heterocycles. The highest BCUT2D eigenvalue weighted by Gasteiger charge is 2.24. The number of halogens is 5. The van der Waals surface area contributed by atoms with Crippen LogP contribution in [0.3, 0.4) is 0 Å². The quantitative estimate of drug-likeness (QED) is 0.295. The second kappa shape index (κ2) is 3.07. The van der Waals surface area contributed by atoms with Crippen LogP contribution in [0.5, 0.6) is 0 Å². The normalized spacial score (nSPS) is 10.3. The Hall–Kier alpha value is 0.01000.